The van der Waals surface area contributed by atoms with E-state index in [-0.39, 0.29) is 5.91 Å². The normalized spacial score (nSPS) is 10.2. The van der Waals surface area contributed by atoms with Gasteiger partial charge in [-0.15, -0.1) is 0 Å². The summed E-state index contributed by atoms with van der Waals surface area (Å²) in [5, 5.41) is 5.96. The van der Waals surface area contributed by atoms with Crippen molar-refractivity contribution in [2.75, 3.05) is 12.4 Å². The Morgan fingerprint density at radius 1 is 1.08 bits per heavy atom. The number of aryl methyl sites for hydroxylation is 1. The SMILES string of the molecule is COc1ccc(C)cc1Nc1ncc(C(=O)NCc2ccccc2)cn1. The predicted molar refractivity (Wildman–Crippen MR) is 101 cm³/mol. The Hall–Kier alpha value is -3.41. The first-order chi connectivity index (χ1) is 12.7. The van der Waals surface area contributed by atoms with E-state index in [1.807, 2.05) is 55.5 Å². The maximum Gasteiger partial charge on any atom is 0.254 e. The van der Waals surface area contributed by atoms with Gasteiger partial charge in [-0.05, 0) is 30.2 Å². The monoisotopic (exact) mass is 348 g/mol. The largest absolute Gasteiger partial charge is 0.495 e. The minimum Gasteiger partial charge on any atom is -0.495 e. The molecule has 0 fully saturated rings. The van der Waals surface area contributed by atoms with Crippen LogP contribution < -0.4 is 15.4 Å². The number of amides is 1. The summed E-state index contributed by atoms with van der Waals surface area (Å²) in [5.74, 6) is 0.880. The molecule has 6 nitrogen and oxygen atoms in total. The molecule has 0 aliphatic heterocycles. The van der Waals surface area contributed by atoms with Crippen molar-refractivity contribution >= 4 is 17.5 Å². The van der Waals surface area contributed by atoms with E-state index in [1.165, 1.54) is 12.4 Å². The van der Waals surface area contributed by atoms with Crippen LogP contribution in [0.15, 0.2) is 60.9 Å². The van der Waals surface area contributed by atoms with Gasteiger partial charge in [0.15, 0.2) is 0 Å². The number of ether oxygens (including phenoxy) is 1. The Morgan fingerprint density at radius 2 is 1.81 bits per heavy atom. The molecule has 0 atom stereocenters. The molecule has 3 aromatic rings. The van der Waals surface area contributed by atoms with Crippen LogP contribution in [0, 0.1) is 6.92 Å². The van der Waals surface area contributed by atoms with Crippen LogP contribution in [-0.2, 0) is 6.54 Å². The van der Waals surface area contributed by atoms with Gasteiger partial charge < -0.3 is 15.4 Å². The summed E-state index contributed by atoms with van der Waals surface area (Å²) in [6, 6.07) is 15.5. The van der Waals surface area contributed by atoms with Crippen LogP contribution in [0.5, 0.6) is 5.75 Å². The Balaban J connectivity index is 1.65. The van der Waals surface area contributed by atoms with Crippen molar-refractivity contribution in [3.8, 4) is 5.75 Å². The highest BCUT2D eigenvalue weighted by Crippen LogP contribution is 2.27. The van der Waals surface area contributed by atoms with Gasteiger partial charge in [-0.2, -0.15) is 0 Å². The van der Waals surface area contributed by atoms with Crippen molar-refractivity contribution in [2.24, 2.45) is 0 Å². The number of carbonyl (C=O) groups excluding carboxylic acids is 1. The number of nitrogens with zero attached hydrogens (tertiary/aromatic N) is 2. The van der Waals surface area contributed by atoms with E-state index >= 15 is 0 Å². The first kappa shape index (κ1) is 17.4. The zero-order valence-electron chi connectivity index (χ0n) is 14.7. The van der Waals surface area contributed by atoms with Gasteiger partial charge in [-0.25, -0.2) is 9.97 Å². The number of rotatable bonds is 6. The highest BCUT2D eigenvalue weighted by molar-refractivity contribution is 5.93. The van der Waals surface area contributed by atoms with Gasteiger partial charge in [0.05, 0.1) is 18.4 Å². The lowest BCUT2D eigenvalue weighted by atomic mass is 10.2. The molecule has 0 unspecified atom stereocenters. The third-order valence-electron chi connectivity index (χ3n) is 3.81. The number of carbonyl (C=O) groups is 1. The number of hydrogen-bond donors (Lipinski definition) is 2. The van der Waals surface area contributed by atoms with Crippen LogP contribution in [0.4, 0.5) is 11.6 Å². The molecule has 132 valence electrons. The van der Waals surface area contributed by atoms with Crippen molar-refractivity contribution in [3.63, 3.8) is 0 Å². The van der Waals surface area contributed by atoms with Gasteiger partial charge in [0.25, 0.3) is 5.91 Å². The maximum atomic E-state index is 12.2. The number of hydrogen-bond acceptors (Lipinski definition) is 5. The molecule has 0 aliphatic rings. The number of nitrogens with one attached hydrogen (secondary N) is 2. The molecule has 1 amide bonds. The van der Waals surface area contributed by atoms with E-state index in [9.17, 15) is 4.79 Å². The fourth-order valence-corrected chi connectivity index (χ4v) is 2.43. The summed E-state index contributed by atoms with van der Waals surface area (Å²) >= 11 is 0. The van der Waals surface area contributed by atoms with Crippen LogP contribution in [-0.4, -0.2) is 23.0 Å². The molecule has 0 radical (unpaired) electrons. The molecule has 1 heterocycles. The highest BCUT2D eigenvalue weighted by Gasteiger charge is 2.09. The average Bonchev–Trinajstić information content (AvgIpc) is 2.68. The van der Waals surface area contributed by atoms with Crippen LogP contribution in [0.3, 0.4) is 0 Å². The summed E-state index contributed by atoms with van der Waals surface area (Å²) in [4.78, 5) is 20.6. The van der Waals surface area contributed by atoms with Crippen molar-refractivity contribution in [1.29, 1.82) is 0 Å². The molecule has 6 heteroatoms. The smallest absolute Gasteiger partial charge is 0.254 e. The summed E-state index contributed by atoms with van der Waals surface area (Å²) in [7, 11) is 1.61. The van der Waals surface area contributed by atoms with Gasteiger partial charge in [-0.1, -0.05) is 36.4 Å². The first-order valence-electron chi connectivity index (χ1n) is 8.21. The number of methoxy groups -OCH3 is 1. The van der Waals surface area contributed by atoms with Crippen molar-refractivity contribution in [3.05, 3.63) is 77.6 Å². The predicted octanol–water partition coefficient (Wildman–Crippen LogP) is 3.47. The van der Waals surface area contributed by atoms with Gasteiger partial charge in [0, 0.05) is 18.9 Å². The van der Waals surface area contributed by atoms with E-state index in [2.05, 4.69) is 20.6 Å². The highest BCUT2D eigenvalue weighted by atomic mass is 16.5. The van der Waals surface area contributed by atoms with Gasteiger partial charge in [0.1, 0.15) is 5.75 Å². The van der Waals surface area contributed by atoms with Crippen LogP contribution >= 0.6 is 0 Å². The number of aromatic nitrogens is 2. The van der Waals surface area contributed by atoms with E-state index < -0.39 is 0 Å². The van der Waals surface area contributed by atoms with Crippen molar-refractivity contribution in [2.45, 2.75) is 13.5 Å². The van der Waals surface area contributed by atoms with E-state index in [0.717, 1.165) is 16.8 Å². The summed E-state index contributed by atoms with van der Waals surface area (Å²) in [6.45, 7) is 2.45. The lowest BCUT2D eigenvalue weighted by molar-refractivity contribution is 0.0950. The van der Waals surface area contributed by atoms with E-state index in [4.69, 9.17) is 4.74 Å². The van der Waals surface area contributed by atoms with Crippen LogP contribution in [0.25, 0.3) is 0 Å². The third-order valence-corrected chi connectivity index (χ3v) is 3.81. The molecule has 0 saturated carbocycles. The summed E-state index contributed by atoms with van der Waals surface area (Å²) in [5.41, 5.74) is 3.30. The second-order valence-corrected chi connectivity index (χ2v) is 5.79. The molecule has 0 saturated heterocycles. The lowest BCUT2D eigenvalue weighted by Gasteiger charge is -2.11. The van der Waals surface area contributed by atoms with Gasteiger partial charge in [-0.3, -0.25) is 4.79 Å². The lowest BCUT2D eigenvalue weighted by Crippen LogP contribution is -2.23. The molecular formula is C20H20N4O2. The number of benzene rings is 2. The molecule has 1 aromatic heterocycles. The molecule has 2 N–H and O–H groups in total. The minimum absolute atomic E-state index is 0.214. The van der Waals surface area contributed by atoms with Gasteiger partial charge >= 0.3 is 0 Å². The van der Waals surface area contributed by atoms with E-state index in [1.54, 1.807) is 7.11 Å². The molecule has 0 spiro atoms. The third kappa shape index (κ3) is 4.36. The fraction of sp³-hybridized carbons (Fsp3) is 0.150. The minimum atomic E-state index is -0.214. The molecular weight excluding hydrogens is 328 g/mol. The van der Waals surface area contributed by atoms with E-state index in [0.29, 0.717) is 23.8 Å². The summed E-state index contributed by atoms with van der Waals surface area (Å²) < 4.78 is 5.33. The van der Waals surface area contributed by atoms with Gasteiger partial charge in [0.2, 0.25) is 5.95 Å². The van der Waals surface area contributed by atoms with Crippen molar-refractivity contribution < 1.29 is 9.53 Å². The average molecular weight is 348 g/mol. The molecule has 26 heavy (non-hydrogen) atoms. The Labute approximate surface area is 152 Å². The zero-order chi connectivity index (χ0) is 18.4. The standard InChI is InChI=1S/C20H20N4O2/c1-14-8-9-18(26-2)17(10-14)24-20-22-12-16(13-23-20)19(25)21-11-15-6-4-3-5-7-15/h3-10,12-13H,11H2,1-2H3,(H,21,25)(H,22,23,24). The second kappa shape index (κ2) is 8.11. The van der Waals surface area contributed by atoms with Crippen LogP contribution in [0.2, 0.25) is 0 Å². The fourth-order valence-electron chi connectivity index (χ4n) is 2.43. The zero-order valence-corrected chi connectivity index (χ0v) is 14.7. The van der Waals surface area contributed by atoms with Crippen molar-refractivity contribution in [1.82, 2.24) is 15.3 Å². The summed E-state index contributed by atoms with van der Waals surface area (Å²) in [6.07, 6.45) is 3.00. The molecule has 3 rings (SSSR count). The first-order valence-corrected chi connectivity index (χ1v) is 8.21. The maximum absolute atomic E-state index is 12.2. The topological polar surface area (TPSA) is 76.1 Å². The Kier molecular flexibility index (Phi) is 5.43. The Bertz CT molecular complexity index is 880. The Morgan fingerprint density at radius 3 is 2.50 bits per heavy atom. The molecule has 0 aliphatic carbocycles. The molecule has 0 bridgehead atoms. The molecule has 2 aromatic carbocycles. The second-order valence-electron chi connectivity index (χ2n) is 5.79. The quantitative estimate of drug-likeness (QED) is 0.713. The number of anilines is 2. The van der Waals surface area contributed by atoms with Crippen LogP contribution in [0.1, 0.15) is 21.5 Å².